The third-order valence-electron chi connectivity index (χ3n) is 5.16. The zero-order chi connectivity index (χ0) is 22.9. The molecule has 2 aromatic rings. The van der Waals surface area contributed by atoms with Crippen molar-refractivity contribution >= 4 is 35.2 Å². The lowest BCUT2D eigenvalue weighted by molar-refractivity contribution is -0.125. The zero-order valence-corrected chi connectivity index (χ0v) is 19.3. The fourth-order valence-electron chi connectivity index (χ4n) is 3.55. The molecule has 2 aromatic carbocycles. The summed E-state index contributed by atoms with van der Waals surface area (Å²) in [5.41, 5.74) is 3.68. The molecule has 1 saturated heterocycles. The van der Waals surface area contributed by atoms with E-state index in [-0.39, 0.29) is 42.4 Å². The number of amides is 3. The van der Waals surface area contributed by atoms with Crippen LogP contribution in [0.25, 0.3) is 0 Å². The van der Waals surface area contributed by atoms with E-state index < -0.39 is 5.50 Å². The predicted octanol–water partition coefficient (Wildman–Crippen LogP) is 2.49. The first kappa shape index (κ1) is 23.8. The molecule has 8 heteroatoms. The molecule has 3 rings (SSSR count). The van der Waals surface area contributed by atoms with Crippen molar-refractivity contribution in [2.75, 3.05) is 17.6 Å². The Morgan fingerprint density at radius 3 is 2.62 bits per heavy atom. The van der Waals surface area contributed by atoms with Crippen molar-refractivity contribution in [3.63, 3.8) is 0 Å². The van der Waals surface area contributed by atoms with Gasteiger partial charge in [0.2, 0.25) is 17.7 Å². The molecule has 0 saturated carbocycles. The smallest absolute Gasteiger partial charge is 0.234 e. The summed E-state index contributed by atoms with van der Waals surface area (Å²) in [7, 11) is 0. The molecular formula is C24H30N4O3S. The second-order valence-electron chi connectivity index (χ2n) is 7.98. The summed E-state index contributed by atoms with van der Waals surface area (Å²) in [5.74, 6) is -0.178. The van der Waals surface area contributed by atoms with Crippen molar-refractivity contribution in [2.45, 2.75) is 44.6 Å². The number of anilines is 1. The molecule has 0 bridgehead atoms. The maximum atomic E-state index is 12.3. The molecular weight excluding hydrogens is 424 g/mol. The van der Waals surface area contributed by atoms with Crippen molar-refractivity contribution in [1.82, 2.24) is 16.0 Å². The van der Waals surface area contributed by atoms with Crippen molar-refractivity contribution < 1.29 is 14.4 Å². The van der Waals surface area contributed by atoms with Crippen LogP contribution in [-0.2, 0) is 20.8 Å². The van der Waals surface area contributed by atoms with Crippen LogP contribution in [-0.4, -0.2) is 41.6 Å². The topological polar surface area (TPSA) is 99.3 Å². The Kier molecular flexibility index (Phi) is 8.70. The third kappa shape index (κ3) is 7.69. The van der Waals surface area contributed by atoms with Crippen LogP contribution < -0.4 is 21.3 Å². The van der Waals surface area contributed by atoms with Gasteiger partial charge < -0.3 is 16.0 Å². The summed E-state index contributed by atoms with van der Waals surface area (Å²) >= 11 is 1.30. The van der Waals surface area contributed by atoms with Crippen molar-refractivity contribution in [2.24, 2.45) is 0 Å². The number of carbonyl (C=O) groups is 3. The van der Waals surface area contributed by atoms with Crippen LogP contribution in [0.15, 0.2) is 48.5 Å². The van der Waals surface area contributed by atoms with Crippen molar-refractivity contribution in [3.05, 3.63) is 65.2 Å². The van der Waals surface area contributed by atoms with Gasteiger partial charge in [-0.3, -0.25) is 19.7 Å². The minimum absolute atomic E-state index is 0.0931. The first-order chi connectivity index (χ1) is 15.4. The molecule has 0 radical (unpaired) electrons. The number of aryl methyl sites for hydroxylation is 2. The lowest BCUT2D eigenvalue weighted by Crippen LogP contribution is -2.56. The number of benzene rings is 2. The molecule has 0 spiro atoms. The molecule has 0 aliphatic carbocycles. The van der Waals surface area contributed by atoms with E-state index in [1.54, 1.807) is 0 Å². The molecule has 1 aliphatic heterocycles. The second-order valence-corrected chi connectivity index (χ2v) is 9.08. The van der Waals surface area contributed by atoms with E-state index in [2.05, 4.69) is 21.3 Å². The number of hydrogen-bond acceptors (Lipinski definition) is 5. The third-order valence-corrected chi connectivity index (χ3v) is 6.17. The Labute approximate surface area is 193 Å². The van der Waals surface area contributed by atoms with Gasteiger partial charge in [0.1, 0.15) is 5.50 Å². The lowest BCUT2D eigenvalue weighted by atomic mass is 10.1. The molecule has 0 aromatic heterocycles. The number of thioether (sulfide) groups is 1. The standard InChI is InChI=1S/C24H30N4O3S/c1-16-8-9-20(17(2)12-16)27-23(31)15-32-24-26-19(14-22(30)28-24)13-21(29)25-11-10-18-6-4-3-5-7-18/h3-9,12,19,24,26H,10-11,13-15H2,1-2H3,(H,25,29)(H,27,31)(H,28,30). The van der Waals surface area contributed by atoms with Crippen LogP contribution in [0.3, 0.4) is 0 Å². The Balaban J connectivity index is 1.40. The average Bonchev–Trinajstić information content (AvgIpc) is 2.75. The maximum Gasteiger partial charge on any atom is 0.234 e. The van der Waals surface area contributed by atoms with E-state index in [0.29, 0.717) is 6.54 Å². The number of hydrogen-bond donors (Lipinski definition) is 4. The molecule has 4 N–H and O–H groups in total. The first-order valence-electron chi connectivity index (χ1n) is 10.7. The van der Waals surface area contributed by atoms with Crippen LogP contribution in [0.1, 0.15) is 29.5 Å². The van der Waals surface area contributed by atoms with E-state index in [0.717, 1.165) is 23.2 Å². The average molecular weight is 455 g/mol. The summed E-state index contributed by atoms with van der Waals surface area (Å²) in [5, 5.41) is 11.9. The first-order valence-corrected chi connectivity index (χ1v) is 11.8. The zero-order valence-electron chi connectivity index (χ0n) is 18.4. The van der Waals surface area contributed by atoms with E-state index in [1.807, 2.05) is 62.4 Å². The van der Waals surface area contributed by atoms with E-state index >= 15 is 0 Å². The van der Waals surface area contributed by atoms with Crippen LogP contribution in [0.5, 0.6) is 0 Å². The minimum atomic E-state index is -0.414. The highest BCUT2D eigenvalue weighted by Gasteiger charge is 2.28. The molecule has 7 nitrogen and oxygen atoms in total. The van der Waals surface area contributed by atoms with E-state index in [4.69, 9.17) is 0 Å². The Bertz CT molecular complexity index is 952. The summed E-state index contributed by atoms with van der Waals surface area (Å²) in [6, 6.07) is 15.6. The highest BCUT2D eigenvalue weighted by molar-refractivity contribution is 8.00. The van der Waals surface area contributed by atoms with Crippen LogP contribution in [0.2, 0.25) is 0 Å². The van der Waals surface area contributed by atoms with Gasteiger partial charge in [0.25, 0.3) is 0 Å². The number of carbonyl (C=O) groups excluding carboxylic acids is 3. The fourth-order valence-corrected chi connectivity index (χ4v) is 4.44. The van der Waals surface area contributed by atoms with Gasteiger partial charge in [-0.25, -0.2) is 0 Å². The predicted molar refractivity (Wildman–Crippen MR) is 128 cm³/mol. The van der Waals surface area contributed by atoms with Gasteiger partial charge in [0, 0.05) is 31.1 Å². The number of nitrogens with one attached hydrogen (secondary N) is 4. The lowest BCUT2D eigenvalue weighted by Gasteiger charge is -2.30. The van der Waals surface area contributed by atoms with Crippen LogP contribution >= 0.6 is 11.8 Å². The van der Waals surface area contributed by atoms with Crippen LogP contribution in [0.4, 0.5) is 5.69 Å². The Hall–Kier alpha value is -2.84. The molecule has 32 heavy (non-hydrogen) atoms. The van der Waals surface area contributed by atoms with Gasteiger partial charge in [0.15, 0.2) is 0 Å². The fraction of sp³-hybridized carbons (Fsp3) is 0.375. The highest BCUT2D eigenvalue weighted by Crippen LogP contribution is 2.18. The number of rotatable bonds is 9. The summed E-state index contributed by atoms with van der Waals surface area (Å²) in [6.07, 6.45) is 1.21. The normalized spacial score (nSPS) is 18.0. The molecule has 1 heterocycles. The van der Waals surface area contributed by atoms with Gasteiger partial charge in [-0.05, 0) is 37.5 Å². The van der Waals surface area contributed by atoms with Crippen molar-refractivity contribution in [1.29, 1.82) is 0 Å². The largest absolute Gasteiger partial charge is 0.356 e. The van der Waals surface area contributed by atoms with Gasteiger partial charge in [-0.15, -0.1) is 11.8 Å². The summed E-state index contributed by atoms with van der Waals surface area (Å²) in [6.45, 7) is 4.51. The molecule has 1 fully saturated rings. The highest BCUT2D eigenvalue weighted by atomic mass is 32.2. The molecule has 170 valence electrons. The monoisotopic (exact) mass is 454 g/mol. The minimum Gasteiger partial charge on any atom is -0.356 e. The molecule has 2 atom stereocenters. The van der Waals surface area contributed by atoms with Gasteiger partial charge in [0.05, 0.1) is 5.75 Å². The Morgan fingerprint density at radius 2 is 1.88 bits per heavy atom. The second kappa shape index (κ2) is 11.7. The quantitative estimate of drug-likeness (QED) is 0.467. The Morgan fingerprint density at radius 1 is 1.09 bits per heavy atom. The SMILES string of the molecule is Cc1ccc(NC(=O)CSC2NC(=O)CC(CC(=O)NCCc3ccccc3)N2)c(C)c1. The van der Waals surface area contributed by atoms with E-state index in [9.17, 15) is 14.4 Å². The summed E-state index contributed by atoms with van der Waals surface area (Å²) in [4.78, 5) is 36.7. The van der Waals surface area contributed by atoms with Gasteiger partial charge >= 0.3 is 0 Å². The van der Waals surface area contributed by atoms with Crippen molar-refractivity contribution in [3.8, 4) is 0 Å². The van der Waals surface area contributed by atoms with E-state index in [1.165, 1.54) is 17.3 Å². The molecule has 3 amide bonds. The van der Waals surface area contributed by atoms with Gasteiger partial charge in [-0.2, -0.15) is 0 Å². The maximum absolute atomic E-state index is 12.3. The summed E-state index contributed by atoms with van der Waals surface area (Å²) < 4.78 is 0. The molecule has 1 aliphatic rings. The van der Waals surface area contributed by atoms with Crippen LogP contribution in [0, 0.1) is 13.8 Å². The molecule has 2 unspecified atom stereocenters. The van der Waals surface area contributed by atoms with Gasteiger partial charge in [-0.1, -0.05) is 48.0 Å².